The van der Waals surface area contributed by atoms with E-state index >= 15 is 0 Å². The molecule has 0 radical (unpaired) electrons. The number of para-hydroxylation sites is 1. The van der Waals surface area contributed by atoms with E-state index in [9.17, 15) is 4.79 Å². The van der Waals surface area contributed by atoms with Gasteiger partial charge in [0.25, 0.3) is 0 Å². The number of pyridine rings is 1. The van der Waals surface area contributed by atoms with Crippen molar-refractivity contribution >= 4 is 16.9 Å². The van der Waals surface area contributed by atoms with Crippen LogP contribution in [-0.2, 0) is 9.53 Å². The zero-order valence-electron chi connectivity index (χ0n) is 16.2. The van der Waals surface area contributed by atoms with Gasteiger partial charge < -0.3 is 4.74 Å². The van der Waals surface area contributed by atoms with Crippen LogP contribution in [0.15, 0.2) is 49.2 Å². The number of hydrogen-bond donors (Lipinski definition) is 0. The first-order chi connectivity index (χ1) is 13.1. The Kier molecular flexibility index (Phi) is 5.00. The van der Waals surface area contributed by atoms with Gasteiger partial charge in [0.1, 0.15) is 6.10 Å². The average Bonchev–Trinajstić information content (AvgIpc) is 2.71. The fourth-order valence-electron chi connectivity index (χ4n) is 4.67. The van der Waals surface area contributed by atoms with E-state index in [1.54, 1.807) is 0 Å². The zero-order valence-corrected chi connectivity index (χ0v) is 16.2. The maximum atomic E-state index is 12.6. The summed E-state index contributed by atoms with van der Waals surface area (Å²) in [7, 11) is 0. The molecule has 3 aliphatic heterocycles. The first-order valence-corrected chi connectivity index (χ1v) is 9.99. The molecule has 0 spiro atoms. The van der Waals surface area contributed by atoms with Crippen LogP contribution in [0.3, 0.4) is 0 Å². The Labute approximate surface area is 161 Å². The monoisotopic (exact) mass is 364 g/mol. The summed E-state index contributed by atoms with van der Waals surface area (Å²) in [5, 5.41) is 1.07. The van der Waals surface area contributed by atoms with Gasteiger partial charge in [0.05, 0.1) is 17.5 Å². The van der Waals surface area contributed by atoms with E-state index in [1.165, 1.54) is 6.42 Å². The molecule has 3 fully saturated rings. The molecule has 4 heteroatoms. The summed E-state index contributed by atoms with van der Waals surface area (Å²) in [6, 6.07) is 10.4. The molecular formula is C23H28N2O2. The molecule has 2 aromatic rings. The Morgan fingerprint density at radius 3 is 2.85 bits per heavy atom. The first-order valence-electron chi connectivity index (χ1n) is 9.99. The first kappa shape index (κ1) is 18.2. The Morgan fingerprint density at radius 2 is 2.15 bits per heavy atom. The van der Waals surface area contributed by atoms with Crippen molar-refractivity contribution in [3.05, 3.63) is 54.7 Å². The molecule has 0 aliphatic carbocycles. The maximum Gasteiger partial charge on any atom is 0.309 e. The minimum absolute atomic E-state index is 0.135. The van der Waals surface area contributed by atoms with E-state index in [-0.39, 0.29) is 24.0 Å². The van der Waals surface area contributed by atoms with Crippen LogP contribution >= 0.6 is 0 Å². The third-order valence-corrected chi connectivity index (χ3v) is 6.21. The van der Waals surface area contributed by atoms with Gasteiger partial charge in [-0.25, -0.2) is 0 Å². The van der Waals surface area contributed by atoms with Gasteiger partial charge in [-0.05, 0) is 43.4 Å². The van der Waals surface area contributed by atoms with Crippen molar-refractivity contribution in [1.82, 2.24) is 9.88 Å². The second-order valence-electron chi connectivity index (χ2n) is 8.18. The van der Waals surface area contributed by atoms with E-state index in [4.69, 9.17) is 4.74 Å². The molecule has 5 atom stereocenters. The Balaban J connectivity index is 1.74. The highest BCUT2D eigenvalue weighted by atomic mass is 16.5. The van der Waals surface area contributed by atoms with Gasteiger partial charge in [0, 0.05) is 23.7 Å². The van der Waals surface area contributed by atoms with Gasteiger partial charge in [0.15, 0.2) is 0 Å². The van der Waals surface area contributed by atoms with Gasteiger partial charge in [-0.3, -0.25) is 14.7 Å². The SMILES string of the molecule is C=C[C@H]1CN2CC[C@H]1C[C@@H]2[C@@H](OC(=O)C(C)C)c1ccnc2ccccc12. The number of carbonyl (C=O) groups excluding carboxylic acids is 1. The van der Waals surface area contributed by atoms with Crippen LogP contribution in [0.2, 0.25) is 0 Å². The average molecular weight is 364 g/mol. The second-order valence-corrected chi connectivity index (χ2v) is 8.18. The van der Waals surface area contributed by atoms with Crippen LogP contribution < -0.4 is 0 Å². The van der Waals surface area contributed by atoms with Crippen molar-refractivity contribution in [3.63, 3.8) is 0 Å². The van der Waals surface area contributed by atoms with Crippen molar-refractivity contribution in [2.75, 3.05) is 13.1 Å². The lowest BCUT2D eigenvalue weighted by molar-refractivity contribution is -0.161. The van der Waals surface area contributed by atoms with E-state index < -0.39 is 0 Å². The van der Waals surface area contributed by atoms with Gasteiger partial charge in [0.2, 0.25) is 0 Å². The number of aromatic nitrogens is 1. The normalized spacial score (nSPS) is 28.3. The molecule has 5 rings (SSSR count). The van der Waals surface area contributed by atoms with E-state index in [1.807, 2.05) is 44.3 Å². The molecule has 1 aromatic heterocycles. The summed E-state index contributed by atoms with van der Waals surface area (Å²) in [4.78, 5) is 19.5. The molecule has 1 aromatic carbocycles. The zero-order chi connectivity index (χ0) is 19.0. The Bertz CT molecular complexity index is 842. The summed E-state index contributed by atoms with van der Waals surface area (Å²) in [5.74, 6) is 0.901. The van der Waals surface area contributed by atoms with Crippen LogP contribution in [0.25, 0.3) is 10.9 Å². The lowest BCUT2D eigenvalue weighted by Crippen LogP contribution is -2.55. The largest absolute Gasteiger partial charge is 0.456 e. The molecule has 0 amide bonds. The molecule has 27 heavy (non-hydrogen) atoms. The molecule has 0 saturated carbocycles. The lowest BCUT2D eigenvalue weighted by atomic mass is 9.73. The molecule has 4 nitrogen and oxygen atoms in total. The highest BCUT2D eigenvalue weighted by Crippen LogP contribution is 2.43. The summed E-state index contributed by atoms with van der Waals surface area (Å²) in [5.41, 5.74) is 2.02. The molecule has 142 valence electrons. The predicted octanol–water partition coefficient (Wildman–Crippen LogP) is 4.37. The molecule has 3 aliphatic rings. The standard InChI is InChI=1S/C23H28N2O2/c1-4-16-14-25-12-10-17(16)13-21(25)22(27-23(26)15(2)3)19-9-11-24-20-8-6-5-7-18(19)20/h4-9,11,15-17,21-22H,1,10,12-14H2,2-3H3/t16-,17-,21+,22-/m0/s1. The lowest BCUT2D eigenvalue weighted by Gasteiger charge is -2.51. The van der Waals surface area contributed by atoms with Crippen molar-refractivity contribution in [3.8, 4) is 0 Å². The molecule has 4 heterocycles. The Hall–Kier alpha value is -2.20. The summed E-state index contributed by atoms with van der Waals surface area (Å²) in [6.07, 6.45) is 5.92. The predicted molar refractivity (Wildman–Crippen MR) is 107 cm³/mol. The van der Waals surface area contributed by atoms with Crippen molar-refractivity contribution in [1.29, 1.82) is 0 Å². The number of hydrogen-bond acceptors (Lipinski definition) is 4. The third-order valence-electron chi connectivity index (χ3n) is 6.21. The molecule has 2 bridgehead atoms. The van der Waals surface area contributed by atoms with Gasteiger partial charge in [-0.15, -0.1) is 6.58 Å². The van der Waals surface area contributed by atoms with E-state index in [0.717, 1.165) is 36.0 Å². The number of ether oxygens (including phenoxy) is 1. The minimum Gasteiger partial charge on any atom is -0.456 e. The number of benzene rings is 1. The van der Waals surface area contributed by atoms with Gasteiger partial charge in [-0.2, -0.15) is 0 Å². The molecule has 1 unspecified atom stereocenters. The molecule has 3 saturated heterocycles. The number of nitrogens with zero attached hydrogens (tertiary/aromatic N) is 2. The van der Waals surface area contributed by atoms with Crippen molar-refractivity contribution in [2.24, 2.45) is 17.8 Å². The van der Waals surface area contributed by atoms with Crippen LogP contribution in [0.5, 0.6) is 0 Å². The van der Waals surface area contributed by atoms with Crippen molar-refractivity contribution < 1.29 is 9.53 Å². The quantitative estimate of drug-likeness (QED) is 0.584. The highest BCUT2D eigenvalue weighted by molar-refractivity contribution is 5.83. The van der Waals surface area contributed by atoms with Crippen LogP contribution in [-0.4, -0.2) is 35.0 Å². The van der Waals surface area contributed by atoms with Crippen LogP contribution in [0.1, 0.15) is 38.4 Å². The topological polar surface area (TPSA) is 42.4 Å². The smallest absolute Gasteiger partial charge is 0.309 e. The number of piperidine rings is 3. The van der Waals surface area contributed by atoms with Gasteiger partial charge in [-0.1, -0.05) is 38.1 Å². The second kappa shape index (κ2) is 7.43. The summed E-state index contributed by atoms with van der Waals surface area (Å²) < 4.78 is 6.13. The fourth-order valence-corrected chi connectivity index (χ4v) is 4.67. The highest BCUT2D eigenvalue weighted by Gasteiger charge is 2.44. The number of carbonyl (C=O) groups is 1. The van der Waals surface area contributed by atoms with Crippen molar-refractivity contribution in [2.45, 2.75) is 38.8 Å². The van der Waals surface area contributed by atoms with Gasteiger partial charge >= 0.3 is 5.97 Å². The number of rotatable bonds is 5. The minimum atomic E-state index is -0.263. The van der Waals surface area contributed by atoms with E-state index in [0.29, 0.717) is 11.8 Å². The molecule has 0 N–H and O–H groups in total. The number of fused-ring (bicyclic) bond motifs is 4. The molecular weight excluding hydrogens is 336 g/mol. The maximum absolute atomic E-state index is 12.6. The Morgan fingerprint density at radius 1 is 1.33 bits per heavy atom. The third kappa shape index (κ3) is 3.39. The van der Waals surface area contributed by atoms with Crippen LogP contribution in [0, 0.1) is 17.8 Å². The van der Waals surface area contributed by atoms with E-state index in [2.05, 4.69) is 28.6 Å². The van der Waals surface area contributed by atoms with Crippen LogP contribution in [0.4, 0.5) is 0 Å². The number of esters is 1. The fraction of sp³-hybridized carbons (Fsp3) is 0.478. The summed E-state index contributed by atoms with van der Waals surface area (Å²) >= 11 is 0. The summed E-state index contributed by atoms with van der Waals surface area (Å²) in [6.45, 7) is 9.89.